The summed E-state index contributed by atoms with van der Waals surface area (Å²) in [5, 5.41) is 10.8. The Labute approximate surface area is 95.8 Å². The first-order valence-corrected chi connectivity index (χ1v) is 6.07. The van der Waals surface area contributed by atoms with Crippen LogP contribution in [0.3, 0.4) is 0 Å². The Balaban J connectivity index is 2.47. The summed E-state index contributed by atoms with van der Waals surface area (Å²) in [4.78, 5) is 7.77. The van der Waals surface area contributed by atoms with Crippen LogP contribution in [0.2, 0.25) is 0 Å². The van der Waals surface area contributed by atoms with Gasteiger partial charge in [0.15, 0.2) is 0 Å². The average molecular weight is 228 g/mol. The summed E-state index contributed by atoms with van der Waals surface area (Å²) in [7, 11) is 2.00. The molecule has 1 N–H and O–H groups in total. The largest absolute Gasteiger partial charge is 0.389 e. The van der Waals surface area contributed by atoms with Crippen molar-refractivity contribution in [3.8, 4) is 0 Å². The van der Waals surface area contributed by atoms with Crippen LogP contribution in [0.25, 0.3) is 0 Å². The first-order chi connectivity index (χ1) is 6.90. The van der Waals surface area contributed by atoms with Crippen molar-refractivity contribution < 1.29 is 5.11 Å². The lowest BCUT2D eigenvalue weighted by Gasteiger charge is -2.24. The lowest BCUT2D eigenvalue weighted by Crippen LogP contribution is -2.35. The number of aryl methyl sites for hydroxylation is 1. The van der Waals surface area contributed by atoms with Crippen LogP contribution in [0.15, 0.2) is 6.20 Å². The van der Waals surface area contributed by atoms with E-state index in [1.807, 2.05) is 27.1 Å². The molecule has 1 rings (SSSR count). The monoisotopic (exact) mass is 228 g/mol. The van der Waals surface area contributed by atoms with Gasteiger partial charge in [-0.15, -0.1) is 11.3 Å². The Morgan fingerprint density at radius 2 is 2.20 bits per heavy atom. The van der Waals surface area contributed by atoms with E-state index in [-0.39, 0.29) is 0 Å². The van der Waals surface area contributed by atoms with E-state index >= 15 is 0 Å². The third-order valence-electron chi connectivity index (χ3n) is 2.01. The number of likely N-dealkylation sites (N-methyl/N-ethyl adjacent to an activating group) is 1. The molecule has 86 valence electrons. The Kier molecular flexibility index (Phi) is 4.25. The van der Waals surface area contributed by atoms with Crippen molar-refractivity contribution in [2.45, 2.75) is 39.3 Å². The van der Waals surface area contributed by atoms with E-state index in [2.05, 4.69) is 16.8 Å². The molecule has 4 heteroatoms. The molecule has 0 bridgehead atoms. The van der Waals surface area contributed by atoms with Gasteiger partial charge in [0, 0.05) is 17.6 Å². The standard InChI is InChI=1S/C11H20N2OS/c1-5-9-6-12-10(15-9)7-13(4)8-11(2,3)14/h6,14H,5,7-8H2,1-4H3. The minimum atomic E-state index is -0.639. The molecule has 0 aliphatic rings. The zero-order valence-corrected chi connectivity index (χ0v) is 10.8. The fraction of sp³-hybridized carbons (Fsp3) is 0.727. The lowest BCUT2D eigenvalue weighted by molar-refractivity contribution is 0.0424. The third kappa shape index (κ3) is 4.73. The van der Waals surface area contributed by atoms with Crippen molar-refractivity contribution in [1.82, 2.24) is 9.88 Å². The van der Waals surface area contributed by atoms with Gasteiger partial charge in [-0.2, -0.15) is 0 Å². The predicted molar refractivity (Wildman–Crippen MR) is 64.1 cm³/mol. The van der Waals surface area contributed by atoms with Crippen LogP contribution < -0.4 is 0 Å². The minimum absolute atomic E-state index is 0.639. The zero-order chi connectivity index (χ0) is 11.5. The van der Waals surface area contributed by atoms with E-state index in [0.29, 0.717) is 6.54 Å². The smallest absolute Gasteiger partial charge is 0.107 e. The molecule has 15 heavy (non-hydrogen) atoms. The fourth-order valence-corrected chi connectivity index (χ4v) is 2.47. The van der Waals surface area contributed by atoms with E-state index in [1.54, 1.807) is 11.3 Å². The van der Waals surface area contributed by atoms with Crippen LogP contribution in [-0.2, 0) is 13.0 Å². The number of aromatic nitrogens is 1. The molecule has 0 radical (unpaired) electrons. The van der Waals surface area contributed by atoms with Gasteiger partial charge in [0.05, 0.1) is 12.1 Å². The van der Waals surface area contributed by atoms with E-state index in [4.69, 9.17) is 0 Å². The van der Waals surface area contributed by atoms with Gasteiger partial charge in [-0.1, -0.05) is 6.92 Å². The molecule has 0 saturated heterocycles. The highest BCUT2D eigenvalue weighted by Crippen LogP contribution is 2.15. The summed E-state index contributed by atoms with van der Waals surface area (Å²) in [5.74, 6) is 0. The molecule has 0 fully saturated rings. The van der Waals surface area contributed by atoms with E-state index in [0.717, 1.165) is 18.0 Å². The maximum absolute atomic E-state index is 9.66. The number of nitrogens with zero attached hydrogens (tertiary/aromatic N) is 2. The second-order valence-electron chi connectivity index (χ2n) is 4.56. The van der Waals surface area contributed by atoms with E-state index in [9.17, 15) is 5.11 Å². The van der Waals surface area contributed by atoms with Crippen molar-refractivity contribution in [3.63, 3.8) is 0 Å². The second-order valence-corrected chi connectivity index (χ2v) is 5.76. The van der Waals surface area contributed by atoms with E-state index < -0.39 is 5.60 Å². The van der Waals surface area contributed by atoms with Crippen LogP contribution in [0.1, 0.15) is 30.7 Å². The van der Waals surface area contributed by atoms with Crippen LogP contribution in [0, 0.1) is 0 Å². The SMILES string of the molecule is CCc1cnc(CN(C)CC(C)(C)O)s1. The molecule has 1 heterocycles. The third-order valence-corrected chi connectivity index (χ3v) is 3.14. The molecule has 0 aliphatic carbocycles. The summed E-state index contributed by atoms with van der Waals surface area (Å²) in [5.41, 5.74) is -0.639. The number of hydrogen-bond donors (Lipinski definition) is 1. The highest BCUT2D eigenvalue weighted by Gasteiger charge is 2.16. The lowest BCUT2D eigenvalue weighted by atomic mass is 10.1. The summed E-state index contributed by atoms with van der Waals surface area (Å²) >= 11 is 1.75. The Hall–Kier alpha value is -0.450. The van der Waals surface area contributed by atoms with Crippen LogP contribution >= 0.6 is 11.3 Å². The maximum Gasteiger partial charge on any atom is 0.107 e. The van der Waals surface area contributed by atoms with Gasteiger partial charge in [0.1, 0.15) is 5.01 Å². The first-order valence-electron chi connectivity index (χ1n) is 5.25. The molecule has 0 spiro atoms. The number of hydrogen-bond acceptors (Lipinski definition) is 4. The van der Waals surface area contributed by atoms with Gasteiger partial charge in [0.2, 0.25) is 0 Å². The van der Waals surface area contributed by atoms with Gasteiger partial charge in [0.25, 0.3) is 0 Å². The van der Waals surface area contributed by atoms with Gasteiger partial charge >= 0.3 is 0 Å². The van der Waals surface area contributed by atoms with Crippen LogP contribution in [0.5, 0.6) is 0 Å². The van der Waals surface area contributed by atoms with Crippen molar-refractivity contribution >= 4 is 11.3 Å². The highest BCUT2D eigenvalue weighted by atomic mass is 32.1. The van der Waals surface area contributed by atoms with Gasteiger partial charge in [-0.3, -0.25) is 4.90 Å². The number of rotatable bonds is 5. The zero-order valence-electron chi connectivity index (χ0n) is 9.95. The van der Waals surface area contributed by atoms with Crippen LogP contribution in [0.4, 0.5) is 0 Å². The quantitative estimate of drug-likeness (QED) is 0.836. The van der Waals surface area contributed by atoms with Crippen molar-refractivity contribution in [2.24, 2.45) is 0 Å². The summed E-state index contributed by atoms with van der Waals surface area (Å²) in [6, 6.07) is 0. The number of aliphatic hydroxyl groups is 1. The first kappa shape index (κ1) is 12.6. The molecule has 0 atom stereocenters. The van der Waals surface area contributed by atoms with Crippen molar-refractivity contribution in [3.05, 3.63) is 16.1 Å². The maximum atomic E-state index is 9.66. The van der Waals surface area contributed by atoms with Gasteiger partial charge in [-0.05, 0) is 27.3 Å². The average Bonchev–Trinajstić information content (AvgIpc) is 2.48. The van der Waals surface area contributed by atoms with E-state index in [1.165, 1.54) is 4.88 Å². The molecule has 0 amide bonds. The normalized spacial score (nSPS) is 12.4. The summed E-state index contributed by atoms with van der Waals surface area (Å²) in [6.45, 7) is 7.26. The van der Waals surface area contributed by atoms with Gasteiger partial charge in [-0.25, -0.2) is 4.98 Å². The molecule has 0 saturated carbocycles. The number of thiazole rings is 1. The Bertz CT molecular complexity index is 304. The second kappa shape index (κ2) is 5.05. The topological polar surface area (TPSA) is 36.4 Å². The summed E-state index contributed by atoms with van der Waals surface area (Å²) < 4.78 is 0. The van der Waals surface area contributed by atoms with Crippen LogP contribution in [-0.4, -0.2) is 34.2 Å². The Morgan fingerprint density at radius 3 is 2.67 bits per heavy atom. The Morgan fingerprint density at radius 1 is 1.53 bits per heavy atom. The fourth-order valence-electron chi connectivity index (χ4n) is 1.53. The summed E-state index contributed by atoms with van der Waals surface area (Å²) in [6.07, 6.45) is 2.99. The molecular weight excluding hydrogens is 208 g/mol. The molecule has 1 aromatic heterocycles. The van der Waals surface area contributed by atoms with Crippen molar-refractivity contribution in [2.75, 3.05) is 13.6 Å². The molecule has 3 nitrogen and oxygen atoms in total. The van der Waals surface area contributed by atoms with Gasteiger partial charge < -0.3 is 5.11 Å². The molecule has 0 unspecified atom stereocenters. The predicted octanol–water partition coefficient (Wildman–Crippen LogP) is 1.91. The molecule has 0 aliphatic heterocycles. The molecule has 0 aromatic carbocycles. The highest BCUT2D eigenvalue weighted by molar-refractivity contribution is 7.11. The molecular formula is C11H20N2OS. The molecule has 1 aromatic rings. The minimum Gasteiger partial charge on any atom is -0.389 e. The van der Waals surface area contributed by atoms with Crippen molar-refractivity contribution in [1.29, 1.82) is 0 Å².